The van der Waals surface area contributed by atoms with Gasteiger partial charge < -0.3 is 9.84 Å². The zero-order valence-electron chi connectivity index (χ0n) is 7.21. The molecule has 1 N–H and O–H groups in total. The van der Waals surface area contributed by atoms with Gasteiger partial charge in [0, 0.05) is 0 Å². The molecule has 0 spiro atoms. The van der Waals surface area contributed by atoms with Gasteiger partial charge in [0.05, 0.1) is 10.4 Å². The fourth-order valence-electron chi connectivity index (χ4n) is 0.804. The second-order valence-corrected chi connectivity index (χ2v) is 3.86. The Morgan fingerprint density at radius 3 is 2.86 bits per heavy atom. The van der Waals surface area contributed by atoms with Gasteiger partial charge in [-0.25, -0.2) is 4.39 Å². The Morgan fingerprint density at radius 1 is 1.57 bits per heavy atom. The molecule has 1 aromatic rings. The van der Waals surface area contributed by atoms with E-state index in [4.69, 9.17) is 21.4 Å². The summed E-state index contributed by atoms with van der Waals surface area (Å²) in [5.74, 6) is 0.250. The van der Waals surface area contributed by atoms with E-state index >= 15 is 0 Å². The van der Waals surface area contributed by atoms with Crippen molar-refractivity contribution in [2.45, 2.75) is 6.10 Å². The van der Waals surface area contributed by atoms with E-state index in [0.29, 0.717) is 10.2 Å². The Labute approximate surface area is 94.8 Å². The second-order valence-electron chi connectivity index (χ2n) is 2.70. The van der Waals surface area contributed by atoms with Crippen LogP contribution in [-0.4, -0.2) is 23.7 Å². The predicted octanol–water partition coefficient (Wildman–Crippen LogP) is 2.57. The summed E-state index contributed by atoms with van der Waals surface area (Å²) in [6.07, 6.45) is -0.708. The Kier molecular flexibility index (Phi) is 4.65. The Balaban J connectivity index is 2.55. The minimum atomic E-state index is -0.708. The third kappa shape index (κ3) is 3.44. The monoisotopic (exact) mass is 282 g/mol. The number of ether oxygens (including phenoxy) is 1. The first-order valence-electron chi connectivity index (χ1n) is 3.95. The highest BCUT2D eigenvalue weighted by molar-refractivity contribution is 9.10. The van der Waals surface area contributed by atoms with Gasteiger partial charge in [0.15, 0.2) is 0 Å². The summed E-state index contributed by atoms with van der Waals surface area (Å²) in [5, 5.41) is 9.10. The second kappa shape index (κ2) is 5.53. The van der Waals surface area contributed by atoms with Crippen LogP contribution < -0.4 is 4.74 Å². The van der Waals surface area contributed by atoms with Crippen LogP contribution in [0.25, 0.3) is 0 Å². The van der Waals surface area contributed by atoms with Gasteiger partial charge >= 0.3 is 0 Å². The van der Waals surface area contributed by atoms with Crippen molar-refractivity contribution in [2.24, 2.45) is 0 Å². The van der Waals surface area contributed by atoms with Gasteiger partial charge in [-0.15, -0.1) is 11.6 Å². The van der Waals surface area contributed by atoms with Crippen molar-refractivity contribution in [3.8, 4) is 5.75 Å². The fraction of sp³-hybridized carbons (Fsp3) is 0.333. The largest absolute Gasteiger partial charge is 0.491 e. The van der Waals surface area contributed by atoms with Gasteiger partial charge in [0.2, 0.25) is 0 Å². The molecule has 0 aliphatic heterocycles. The average molecular weight is 284 g/mol. The van der Waals surface area contributed by atoms with Crippen LogP contribution in [0.4, 0.5) is 4.39 Å². The van der Waals surface area contributed by atoms with Crippen LogP contribution in [0.5, 0.6) is 5.75 Å². The quantitative estimate of drug-likeness (QED) is 0.861. The number of aliphatic hydroxyl groups excluding tert-OH is 1. The molecule has 0 bridgehead atoms. The summed E-state index contributed by atoms with van der Waals surface area (Å²) >= 11 is 8.40. The Bertz CT molecular complexity index is 309. The normalized spacial score (nSPS) is 12.6. The molecule has 0 aliphatic carbocycles. The van der Waals surface area contributed by atoms with E-state index in [9.17, 15) is 4.39 Å². The molecule has 78 valence electrons. The number of hydrogen-bond donors (Lipinski definition) is 1. The van der Waals surface area contributed by atoms with Gasteiger partial charge in [-0.2, -0.15) is 0 Å². The van der Waals surface area contributed by atoms with Gasteiger partial charge in [-0.05, 0) is 34.1 Å². The maximum atomic E-state index is 12.8. The van der Waals surface area contributed by atoms with E-state index in [0.717, 1.165) is 0 Å². The van der Waals surface area contributed by atoms with E-state index in [2.05, 4.69) is 15.9 Å². The number of alkyl halides is 1. The topological polar surface area (TPSA) is 29.5 Å². The van der Waals surface area contributed by atoms with E-state index in [-0.39, 0.29) is 18.3 Å². The molecule has 0 heterocycles. The van der Waals surface area contributed by atoms with Crippen LogP contribution >= 0.6 is 27.5 Å². The van der Waals surface area contributed by atoms with Crippen molar-refractivity contribution in [1.29, 1.82) is 0 Å². The zero-order chi connectivity index (χ0) is 10.6. The molecule has 1 unspecified atom stereocenters. The average Bonchev–Trinajstić information content (AvgIpc) is 2.19. The van der Waals surface area contributed by atoms with Gasteiger partial charge in [-0.3, -0.25) is 0 Å². The van der Waals surface area contributed by atoms with Crippen LogP contribution in [0.2, 0.25) is 0 Å². The van der Waals surface area contributed by atoms with Crippen molar-refractivity contribution >= 4 is 27.5 Å². The molecule has 1 rings (SSSR count). The van der Waals surface area contributed by atoms with E-state index in [1.54, 1.807) is 0 Å². The van der Waals surface area contributed by atoms with Crippen molar-refractivity contribution in [1.82, 2.24) is 0 Å². The number of aliphatic hydroxyl groups is 1. The summed E-state index contributed by atoms with van der Waals surface area (Å²) < 4.78 is 18.3. The molecule has 14 heavy (non-hydrogen) atoms. The summed E-state index contributed by atoms with van der Waals surface area (Å²) in [5.41, 5.74) is 0. The number of benzene rings is 1. The predicted molar refractivity (Wildman–Crippen MR) is 56.3 cm³/mol. The number of hydrogen-bond acceptors (Lipinski definition) is 2. The third-order valence-corrected chi connectivity index (χ3v) is 2.48. The molecule has 0 fully saturated rings. The molecule has 0 amide bonds. The lowest BCUT2D eigenvalue weighted by molar-refractivity contribution is 0.125. The molecule has 2 nitrogen and oxygen atoms in total. The number of rotatable bonds is 4. The maximum Gasteiger partial charge on any atom is 0.137 e. The highest BCUT2D eigenvalue weighted by Gasteiger charge is 2.05. The first-order valence-corrected chi connectivity index (χ1v) is 5.28. The molecular formula is C9H9BrClFO2. The fourth-order valence-corrected chi connectivity index (χ4v) is 1.25. The molecule has 0 aliphatic rings. The molecule has 1 aromatic carbocycles. The Morgan fingerprint density at radius 2 is 2.29 bits per heavy atom. The summed E-state index contributed by atoms with van der Waals surface area (Å²) in [7, 11) is 0. The highest BCUT2D eigenvalue weighted by atomic mass is 79.9. The lowest BCUT2D eigenvalue weighted by Crippen LogP contribution is -2.18. The van der Waals surface area contributed by atoms with Crippen molar-refractivity contribution in [2.75, 3.05) is 12.5 Å². The zero-order valence-corrected chi connectivity index (χ0v) is 9.55. The molecule has 1 atom stereocenters. The highest BCUT2D eigenvalue weighted by Crippen LogP contribution is 2.21. The van der Waals surface area contributed by atoms with Gasteiger partial charge in [-0.1, -0.05) is 0 Å². The summed E-state index contributed by atoms with van der Waals surface area (Å²) in [6.45, 7) is 0.0988. The van der Waals surface area contributed by atoms with Crippen LogP contribution in [-0.2, 0) is 0 Å². The molecule has 5 heteroatoms. The van der Waals surface area contributed by atoms with E-state index < -0.39 is 6.10 Å². The van der Waals surface area contributed by atoms with E-state index in [1.807, 2.05) is 0 Å². The molecule has 0 radical (unpaired) electrons. The van der Waals surface area contributed by atoms with Crippen LogP contribution in [0.1, 0.15) is 0 Å². The third-order valence-electron chi connectivity index (χ3n) is 1.51. The molecular weight excluding hydrogens is 274 g/mol. The van der Waals surface area contributed by atoms with Gasteiger partial charge in [0.1, 0.15) is 24.3 Å². The van der Waals surface area contributed by atoms with Crippen LogP contribution in [0, 0.1) is 5.82 Å². The number of halogens is 3. The Hall–Kier alpha value is -0.320. The summed E-state index contributed by atoms with van der Waals surface area (Å²) in [6, 6.07) is 4.27. The van der Waals surface area contributed by atoms with Gasteiger partial charge in [0.25, 0.3) is 0 Å². The van der Waals surface area contributed by atoms with Crippen molar-refractivity contribution in [3.05, 3.63) is 28.5 Å². The molecule has 0 aromatic heterocycles. The first kappa shape index (κ1) is 11.8. The smallest absolute Gasteiger partial charge is 0.137 e. The minimum absolute atomic E-state index is 0.0988. The first-order chi connectivity index (χ1) is 6.63. The van der Waals surface area contributed by atoms with Crippen LogP contribution in [0.3, 0.4) is 0 Å². The standard InChI is InChI=1S/C9H9BrClFO2/c10-8-3-7(1-2-9(8)12)14-5-6(13)4-11/h1-3,6,13H,4-5H2. The van der Waals surface area contributed by atoms with Crippen molar-refractivity contribution < 1.29 is 14.2 Å². The molecule has 0 saturated carbocycles. The van der Waals surface area contributed by atoms with E-state index in [1.165, 1.54) is 18.2 Å². The summed E-state index contributed by atoms with van der Waals surface area (Å²) in [4.78, 5) is 0. The van der Waals surface area contributed by atoms with Crippen molar-refractivity contribution in [3.63, 3.8) is 0 Å². The minimum Gasteiger partial charge on any atom is -0.491 e. The SMILES string of the molecule is OC(CCl)COc1ccc(F)c(Br)c1. The lowest BCUT2D eigenvalue weighted by atomic mass is 10.3. The molecule has 0 saturated heterocycles. The maximum absolute atomic E-state index is 12.8. The lowest BCUT2D eigenvalue weighted by Gasteiger charge is -2.09. The van der Waals surface area contributed by atoms with Crippen LogP contribution in [0.15, 0.2) is 22.7 Å².